The SMILES string of the molecule is COc1ccccc1C1=NCc2ccccc2N1. The van der Waals surface area contributed by atoms with Crippen molar-refractivity contribution >= 4 is 11.5 Å². The number of methoxy groups -OCH3 is 1. The van der Waals surface area contributed by atoms with E-state index in [1.807, 2.05) is 36.4 Å². The van der Waals surface area contributed by atoms with E-state index < -0.39 is 0 Å². The highest BCUT2D eigenvalue weighted by atomic mass is 16.5. The van der Waals surface area contributed by atoms with Crippen molar-refractivity contribution in [2.45, 2.75) is 6.54 Å². The van der Waals surface area contributed by atoms with E-state index in [9.17, 15) is 0 Å². The molecule has 0 fully saturated rings. The first-order valence-electron chi connectivity index (χ1n) is 5.91. The van der Waals surface area contributed by atoms with Gasteiger partial charge in [0.25, 0.3) is 0 Å². The van der Waals surface area contributed by atoms with Crippen LogP contribution >= 0.6 is 0 Å². The number of hydrogen-bond acceptors (Lipinski definition) is 3. The highest BCUT2D eigenvalue weighted by molar-refractivity contribution is 6.11. The molecule has 3 heteroatoms. The quantitative estimate of drug-likeness (QED) is 0.872. The highest BCUT2D eigenvalue weighted by Gasteiger charge is 2.15. The molecule has 0 saturated heterocycles. The van der Waals surface area contributed by atoms with E-state index in [-0.39, 0.29) is 0 Å². The van der Waals surface area contributed by atoms with E-state index in [4.69, 9.17) is 4.74 Å². The van der Waals surface area contributed by atoms with E-state index in [2.05, 4.69) is 22.4 Å². The molecule has 0 aliphatic carbocycles. The predicted octanol–water partition coefficient (Wildman–Crippen LogP) is 3.07. The number of para-hydroxylation sites is 2. The molecule has 90 valence electrons. The number of benzene rings is 2. The van der Waals surface area contributed by atoms with E-state index in [0.29, 0.717) is 6.54 Å². The number of hydrogen-bond donors (Lipinski definition) is 1. The summed E-state index contributed by atoms with van der Waals surface area (Å²) in [6.45, 7) is 0.705. The van der Waals surface area contributed by atoms with E-state index in [1.54, 1.807) is 7.11 Å². The van der Waals surface area contributed by atoms with Crippen molar-refractivity contribution < 1.29 is 4.74 Å². The number of nitrogens with zero attached hydrogens (tertiary/aromatic N) is 1. The molecule has 0 bridgehead atoms. The Kier molecular flexibility index (Phi) is 2.73. The van der Waals surface area contributed by atoms with Gasteiger partial charge < -0.3 is 10.1 Å². The van der Waals surface area contributed by atoms with E-state index >= 15 is 0 Å². The van der Waals surface area contributed by atoms with Crippen molar-refractivity contribution in [2.75, 3.05) is 12.4 Å². The van der Waals surface area contributed by atoms with Crippen LogP contribution in [0.2, 0.25) is 0 Å². The third-order valence-corrected chi connectivity index (χ3v) is 3.04. The van der Waals surface area contributed by atoms with E-state index in [1.165, 1.54) is 5.56 Å². The summed E-state index contributed by atoms with van der Waals surface area (Å²) in [4.78, 5) is 4.58. The number of aliphatic imine (C=N–C) groups is 1. The zero-order chi connectivity index (χ0) is 12.4. The molecule has 0 saturated carbocycles. The Labute approximate surface area is 106 Å². The first-order valence-corrected chi connectivity index (χ1v) is 5.91. The fourth-order valence-electron chi connectivity index (χ4n) is 2.10. The summed E-state index contributed by atoms with van der Waals surface area (Å²) in [6.07, 6.45) is 0. The summed E-state index contributed by atoms with van der Waals surface area (Å²) in [5.41, 5.74) is 3.33. The van der Waals surface area contributed by atoms with Crippen molar-refractivity contribution in [3.05, 3.63) is 59.7 Å². The maximum Gasteiger partial charge on any atom is 0.136 e. The second kappa shape index (κ2) is 4.53. The molecule has 18 heavy (non-hydrogen) atoms. The third-order valence-electron chi connectivity index (χ3n) is 3.04. The minimum atomic E-state index is 0.705. The van der Waals surface area contributed by atoms with Crippen LogP contribution < -0.4 is 10.1 Å². The normalized spacial score (nSPS) is 13.3. The maximum atomic E-state index is 5.37. The lowest BCUT2D eigenvalue weighted by Crippen LogP contribution is -2.19. The number of nitrogens with one attached hydrogen (secondary N) is 1. The van der Waals surface area contributed by atoms with Crippen molar-refractivity contribution in [3.63, 3.8) is 0 Å². The Balaban J connectivity index is 1.98. The first kappa shape index (κ1) is 10.8. The smallest absolute Gasteiger partial charge is 0.136 e. The van der Waals surface area contributed by atoms with Gasteiger partial charge in [-0.05, 0) is 23.8 Å². The standard InChI is InChI=1S/C15H14N2O/c1-18-14-9-5-3-7-12(14)15-16-10-11-6-2-4-8-13(11)17-15/h2-9H,10H2,1H3,(H,16,17). The van der Waals surface area contributed by atoms with Gasteiger partial charge in [-0.15, -0.1) is 0 Å². The molecule has 3 rings (SSSR count). The van der Waals surface area contributed by atoms with Gasteiger partial charge in [0, 0.05) is 5.69 Å². The number of rotatable bonds is 2. The molecule has 0 atom stereocenters. The molecule has 2 aromatic rings. The van der Waals surface area contributed by atoms with E-state index in [0.717, 1.165) is 22.8 Å². The molecule has 0 spiro atoms. The largest absolute Gasteiger partial charge is 0.496 e. The minimum Gasteiger partial charge on any atom is -0.496 e. The topological polar surface area (TPSA) is 33.6 Å². The molecule has 1 heterocycles. The number of fused-ring (bicyclic) bond motifs is 1. The molecule has 1 aliphatic rings. The van der Waals surface area contributed by atoms with Crippen LogP contribution in [0, 0.1) is 0 Å². The Morgan fingerprint density at radius 2 is 1.83 bits per heavy atom. The molecular weight excluding hydrogens is 224 g/mol. The Bertz CT molecular complexity index is 605. The third kappa shape index (κ3) is 1.84. The number of ether oxygens (including phenoxy) is 1. The molecule has 0 amide bonds. The van der Waals surface area contributed by atoms with Crippen LogP contribution in [0.3, 0.4) is 0 Å². The van der Waals surface area contributed by atoms with Crippen LogP contribution in [0.15, 0.2) is 53.5 Å². The molecule has 0 unspecified atom stereocenters. The van der Waals surface area contributed by atoms with Gasteiger partial charge in [-0.3, -0.25) is 4.99 Å². The molecule has 0 aromatic heterocycles. The van der Waals surface area contributed by atoms with Crippen molar-refractivity contribution in [1.29, 1.82) is 0 Å². The summed E-state index contributed by atoms with van der Waals surface area (Å²) in [6, 6.07) is 16.1. The predicted molar refractivity (Wildman–Crippen MR) is 73.3 cm³/mol. The molecular formula is C15H14N2O. The van der Waals surface area contributed by atoms with Gasteiger partial charge in [-0.25, -0.2) is 0 Å². The first-order chi connectivity index (χ1) is 8.88. The lowest BCUT2D eigenvalue weighted by Gasteiger charge is -2.19. The Morgan fingerprint density at radius 1 is 1.06 bits per heavy atom. The van der Waals surface area contributed by atoms with Crippen molar-refractivity contribution in [2.24, 2.45) is 4.99 Å². The summed E-state index contributed by atoms with van der Waals surface area (Å²) >= 11 is 0. The van der Waals surface area contributed by atoms with Crippen LogP contribution in [0.25, 0.3) is 0 Å². The Morgan fingerprint density at radius 3 is 2.72 bits per heavy atom. The zero-order valence-corrected chi connectivity index (χ0v) is 10.2. The highest BCUT2D eigenvalue weighted by Crippen LogP contribution is 2.25. The monoisotopic (exact) mass is 238 g/mol. The number of anilines is 1. The molecule has 1 aliphatic heterocycles. The van der Waals surface area contributed by atoms with Crippen molar-refractivity contribution in [1.82, 2.24) is 0 Å². The average molecular weight is 238 g/mol. The summed E-state index contributed by atoms with van der Waals surface area (Å²) in [5.74, 6) is 1.70. The lowest BCUT2D eigenvalue weighted by molar-refractivity contribution is 0.414. The fraction of sp³-hybridized carbons (Fsp3) is 0.133. The summed E-state index contributed by atoms with van der Waals surface area (Å²) < 4.78 is 5.37. The zero-order valence-electron chi connectivity index (χ0n) is 10.2. The van der Waals surface area contributed by atoms with Crippen LogP contribution in [-0.4, -0.2) is 12.9 Å². The van der Waals surface area contributed by atoms with Gasteiger partial charge in [0.15, 0.2) is 0 Å². The van der Waals surface area contributed by atoms with Gasteiger partial charge in [-0.1, -0.05) is 30.3 Å². The second-order valence-corrected chi connectivity index (χ2v) is 4.15. The molecule has 3 nitrogen and oxygen atoms in total. The van der Waals surface area contributed by atoms with Gasteiger partial charge in [0.2, 0.25) is 0 Å². The molecule has 0 radical (unpaired) electrons. The maximum absolute atomic E-state index is 5.37. The van der Waals surface area contributed by atoms with Gasteiger partial charge in [0.05, 0.1) is 19.2 Å². The van der Waals surface area contributed by atoms with Crippen LogP contribution in [0.4, 0.5) is 5.69 Å². The molecule has 2 aromatic carbocycles. The van der Waals surface area contributed by atoms with Crippen LogP contribution in [0.1, 0.15) is 11.1 Å². The minimum absolute atomic E-state index is 0.705. The second-order valence-electron chi connectivity index (χ2n) is 4.15. The Hall–Kier alpha value is -2.29. The fourth-order valence-corrected chi connectivity index (χ4v) is 2.10. The van der Waals surface area contributed by atoms with Crippen molar-refractivity contribution in [3.8, 4) is 5.75 Å². The van der Waals surface area contributed by atoms with Gasteiger partial charge in [-0.2, -0.15) is 0 Å². The number of amidine groups is 1. The summed E-state index contributed by atoms with van der Waals surface area (Å²) in [5, 5.41) is 3.36. The van der Waals surface area contributed by atoms with Gasteiger partial charge >= 0.3 is 0 Å². The average Bonchev–Trinajstić information content (AvgIpc) is 2.46. The lowest BCUT2D eigenvalue weighted by atomic mass is 10.1. The molecule has 1 N–H and O–H groups in total. The van der Waals surface area contributed by atoms with Gasteiger partial charge in [0.1, 0.15) is 11.6 Å². The summed E-state index contributed by atoms with van der Waals surface area (Å²) in [7, 11) is 1.68. The van der Waals surface area contributed by atoms with Crippen LogP contribution in [0.5, 0.6) is 5.75 Å². The van der Waals surface area contributed by atoms with Crippen LogP contribution in [-0.2, 0) is 6.54 Å².